The summed E-state index contributed by atoms with van der Waals surface area (Å²) in [4.78, 5) is 22.7. The Morgan fingerprint density at radius 1 is 1.17 bits per heavy atom. The van der Waals surface area contributed by atoms with Gasteiger partial charge in [0.1, 0.15) is 0 Å². The molecule has 0 aliphatic heterocycles. The molecular weight excluding hydrogens is 296 g/mol. The van der Waals surface area contributed by atoms with Gasteiger partial charge in [-0.1, -0.05) is 33.6 Å². The molecule has 0 aliphatic rings. The number of rotatable bonds is 5. The number of nitrogens with one attached hydrogen (secondary N) is 2. The second kappa shape index (κ2) is 7.16. The van der Waals surface area contributed by atoms with Gasteiger partial charge in [-0.15, -0.1) is 0 Å². The van der Waals surface area contributed by atoms with E-state index < -0.39 is 0 Å². The molecule has 0 fully saturated rings. The summed E-state index contributed by atoms with van der Waals surface area (Å²) in [5.74, 6) is -0.212. The number of alkyl halides is 1. The second-order valence-corrected chi connectivity index (χ2v) is 5.40. The topological polar surface area (TPSA) is 58.2 Å². The van der Waals surface area contributed by atoms with Crippen molar-refractivity contribution in [1.82, 2.24) is 10.6 Å². The van der Waals surface area contributed by atoms with E-state index in [0.29, 0.717) is 18.7 Å². The van der Waals surface area contributed by atoms with E-state index in [-0.39, 0.29) is 16.6 Å². The van der Waals surface area contributed by atoms with Crippen LogP contribution in [0, 0.1) is 6.92 Å². The molecule has 1 atom stereocenters. The molecule has 1 rings (SSSR count). The van der Waals surface area contributed by atoms with E-state index in [9.17, 15) is 9.59 Å². The molecule has 0 aliphatic carbocycles. The highest BCUT2D eigenvalue weighted by Gasteiger charge is 2.07. The van der Waals surface area contributed by atoms with Crippen molar-refractivity contribution in [3.05, 3.63) is 35.4 Å². The van der Waals surface area contributed by atoms with Gasteiger partial charge in [-0.05, 0) is 26.0 Å². The smallest absolute Gasteiger partial charge is 0.251 e. The molecule has 0 spiro atoms. The monoisotopic (exact) mass is 312 g/mol. The maximum atomic E-state index is 11.7. The summed E-state index contributed by atoms with van der Waals surface area (Å²) in [5, 5.41) is 5.44. The largest absolute Gasteiger partial charge is 0.353 e. The fourth-order valence-electron chi connectivity index (χ4n) is 1.31. The molecule has 2 amide bonds. The highest BCUT2D eigenvalue weighted by Crippen LogP contribution is 2.02. The third-order valence-corrected chi connectivity index (χ3v) is 2.80. The summed E-state index contributed by atoms with van der Waals surface area (Å²) in [5.41, 5.74) is 1.74. The van der Waals surface area contributed by atoms with Crippen molar-refractivity contribution >= 4 is 27.7 Å². The van der Waals surface area contributed by atoms with Crippen LogP contribution in [0.1, 0.15) is 22.8 Å². The lowest BCUT2D eigenvalue weighted by Crippen LogP contribution is -2.37. The van der Waals surface area contributed by atoms with Gasteiger partial charge >= 0.3 is 0 Å². The van der Waals surface area contributed by atoms with Crippen molar-refractivity contribution in [2.24, 2.45) is 0 Å². The lowest BCUT2D eigenvalue weighted by atomic mass is 10.1. The van der Waals surface area contributed by atoms with Gasteiger partial charge in [0.25, 0.3) is 5.91 Å². The minimum Gasteiger partial charge on any atom is -0.353 e. The first-order valence-corrected chi connectivity index (χ1v) is 6.69. The van der Waals surface area contributed by atoms with Crippen LogP contribution in [-0.4, -0.2) is 29.7 Å². The van der Waals surface area contributed by atoms with Gasteiger partial charge in [0.15, 0.2) is 0 Å². The molecule has 1 unspecified atom stereocenters. The fraction of sp³-hybridized carbons (Fsp3) is 0.385. The maximum absolute atomic E-state index is 11.7. The molecule has 0 saturated carbocycles. The van der Waals surface area contributed by atoms with E-state index in [1.807, 2.05) is 19.1 Å². The number of halogens is 1. The van der Waals surface area contributed by atoms with Crippen LogP contribution in [0.15, 0.2) is 24.3 Å². The third kappa shape index (κ3) is 4.87. The van der Waals surface area contributed by atoms with Crippen molar-refractivity contribution in [2.75, 3.05) is 13.1 Å². The average molecular weight is 313 g/mol. The standard InChI is InChI=1S/C13H17BrN2O2/c1-9-3-5-11(6-4-9)13(18)16-8-7-15-12(17)10(2)14/h3-6,10H,7-8H2,1-2H3,(H,15,17)(H,16,18). The Kier molecular flexibility index (Phi) is 5.85. The van der Waals surface area contributed by atoms with Crippen LogP contribution in [-0.2, 0) is 4.79 Å². The molecule has 4 nitrogen and oxygen atoms in total. The van der Waals surface area contributed by atoms with Gasteiger partial charge in [0.05, 0.1) is 4.83 Å². The number of hydrogen-bond donors (Lipinski definition) is 2. The van der Waals surface area contributed by atoms with Gasteiger partial charge in [0, 0.05) is 18.7 Å². The molecule has 18 heavy (non-hydrogen) atoms. The summed E-state index contributed by atoms with van der Waals surface area (Å²) in [6.45, 7) is 4.56. The molecule has 0 aromatic heterocycles. The molecular formula is C13H17BrN2O2. The van der Waals surface area contributed by atoms with Gasteiger partial charge in [-0.25, -0.2) is 0 Å². The van der Waals surface area contributed by atoms with Gasteiger partial charge in [-0.3, -0.25) is 9.59 Å². The van der Waals surface area contributed by atoms with Crippen LogP contribution < -0.4 is 10.6 Å². The Hall–Kier alpha value is -1.36. The Morgan fingerprint density at radius 3 is 2.28 bits per heavy atom. The summed E-state index contributed by atoms with van der Waals surface area (Å²) in [7, 11) is 0. The van der Waals surface area contributed by atoms with Crippen molar-refractivity contribution in [2.45, 2.75) is 18.7 Å². The zero-order chi connectivity index (χ0) is 13.5. The van der Waals surface area contributed by atoms with Crippen LogP contribution in [0.3, 0.4) is 0 Å². The summed E-state index contributed by atoms with van der Waals surface area (Å²) in [6, 6.07) is 7.35. The third-order valence-electron chi connectivity index (χ3n) is 2.38. The first-order valence-electron chi connectivity index (χ1n) is 5.77. The quantitative estimate of drug-likeness (QED) is 0.641. The lowest BCUT2D eigenvalue weighted by Gasteiger charge is -2.08. The first kappa shape index (κ1) is 14.7. The molecule has 0 heterocycles. The lowest BCUT2D eigenvalue weighted by molar-refractivity contribution is -0.120. The number of carbonyl (C=O) groups is 2. The number of benzene rings is 1. The van der Waals surface area contributed by atoms with Crippen molar-refractivity contribution in [1.29, 1.82) is 0 Å². The SMILES string of the molecule is Cc1ccc(C(=O)NCCNC(=O)C(C)Br)cc1. The Balaban J connectivity index is 2.29. The molecule has 0 bridgehead atoms. The van der Waals surface area contributed by atoms with E-state index >= 15 is 0 Å². The van der Waals surface area contributed by atoms with Crippen LogP contribution in [0.2, 0.25) is 0 Å². The zero-order valence-electron chi connectivity index (χ0n) is 10.5. The van der Waals surface area contributed by atoms with Crippen LogP contribution in [0.5, 0.6) is 0 Å². The van der Waals surface area contributed by atoms with Crippen LogP contribution in [0.4, 0.5) is 0 Å². The number of amides is 2. The van der Waals surface area contributed by atoms with Gasteiger partial charge in [0.2, 0.25) is 5.91 Å². The first-order chi connectivity index (χ1) is 8.50. The molecule has 0 radical (unpaired) electrons. The fourth-order valence-corrected chi connectivity index (χ4v) is 1.47. The predicted molar refractivity (Wildman–Crippen MR) is 74.9 cm³/mol. The Bertz CT molecular complexity index is 416. The molecule has 1 aromatic carbocycles. The molecule has 98 valence electrons. The van der Waals surface area contributed by atoms with E-state index in [1.54, 1.807) is 19.1 Å². The van der Waals surface area contributed by atoms with Crippen molar-refractivity contribution in [3.8, 4) is 0 Å². The molecule has 1 aromatic rings. The second-order valence-electron chi connectivity index (χ2n) is 4.03. The number of hydrogen-bond acceptors (Lipinski definition) is 2. The predicted octanol–water partition coefficient (Wildman–Crippen LogP) is 1.62. The highest BCUT2D eigenvalue weighted by molar-refractivity contribution is 9.10. The minimum atomic E-state index is -0.217. The highest BCUT2D eigenvalue weighted by atomic mass is 79.9. The molecule has 0 saturated heterocycles. The van der Waals surface area contributed by atoms with E-state index in [4.69, 9.17) is 0 Å². The number of aryl methyl sites for hydroxylation is 1. The van der Waals surface area contributed by atoms with E-state index in [1.165, 1.54) is 0 Å². The maximum Gasteiger partial charge on any atom is 0.251 e. The van der Waals surface area contributed by atoms with Gasteiger partial charge < -0.3 is 10.6 Å². The number of carbonyl (C=O) groups excluding carboxylic acids is 2. The normalized spacial score (nSPS) is 11.7. The van der Waals surface area contributed by atoms with Crippen molar-refractivity contribution in [3.63, 3.8) is 0 Å². The van der Waals surface area contributed by atoms with E-state index in [0.717, 1.165) is 5.56 Å². The van der Waals surface area contributed by atoms with Gasteiger partial charge in [-0.2, -0.15) is 0 Å². The Labute approximate surface area is 115 Å². The molecule has 5 heteroatoms. The van der Waals surface area contributed by atoms with Crippen LogP contribution in [0.25, 0.3) is 0 Å². The molecule has 2 N–H and O–H groups in total. The minimum absolute atomic E-state index is 0.0837. The average Bonchev–Trinajstić information content (AvgIpc) is 2.34. The summed E-state index contributed by atoms with van der Waals surface area (Å²) in [6.07, 6.45) is 0. The van der Waals surface area contributed by atoms with Crippen LogP contribution >= 0.6 is 15.9 Å². The van der Waals surface area contributed by atoms with E-state index in [2.05, 4.69) is 26.6 Å². The Morgan fingerprint density at radius 2 is 1.72 bits per heavy atom. The zero-order valence-corrected chi connectivity index (χ0v) is 12.1. The van der Waals surface area contributed by atoms with Crippen molar-refractivity contribution < 1.29 is 9.59 Å². The summed E-state index contributed by atoms with van der Waals surface area (Å²) < 4.78 is 0. The summed E-state index contributed by atoms with van der Waals surface area (Å²) >= 11 is 3.16.